The first kappa shape index (κ1) is 45.7. The SMILES string of the molecule is O=C(Nc1nc2ccc(NS(=O)(=O)c3cccs3)cc2s1)c1cc2n(n1)CCCN(CCOCCNC(=O)c1cnc(N/N=C3/C(=O)N(c4nc(-c5ccccc5)cs4)N=C3c3ccccc3)s1)C2. The number of thiophene rings is 1. The summed E-state index contributed by atoms with van der Waals surface area (Å²) in [7, 11) is -3.70. The number of nitrogens with one attached hydrogen (secondary N) is 4. The maximum absolute atomic E-state index is 13.7. The molecule has 2 aliphatic heterocycles. The van der Waals surface area contributed by atoms with Crippen molar-refractivity contribution >= 4 is 116 Å². The Balaban J connectivity index is 0.676. The second-order valence-corrected chi connectivity index (χ2v) is 21.1. The van der Waals surface area contributed by atoms with Crippen LogP contribution in [0.3, 0.4) is 0 Å². The molecule has 8 aromatic rings. The van der Waals surface area contributed by atoms with Crippen LogP contribution < -0.4 is 25.8 Å². The average molecular weight is 1020 g/mol. The number of hydrazone groups is 2. The van der Waals surface area contributed by atoms with E-state index in [0.717, 1.165) is 52.6 Å². The summed E-state index contributed by atoms with van der Waals surface area (Å²) in [5.41, 5.74) is 7.85. The van der Waals surface area contributed by atoms with Crippen molar-refractivity contribution < 1.29 is 27.5 Å². The lowest BCUT2D eigenvalue weighted by Crippen LogP contribution is -2.30. The molecule has 2 aliphatic rings. The lowest BCUT2D eigenvalue weighted by Gasteiger charge is -2.19. The van der Waals surface area contributed by atoms with Crippen LogP contribution in [0.2, 0.25) is 0 Å². The van der Waals surface area contributed by atoms with Crippen LogP contribution in [0.25, 0.3) is 21.5 Å². The number of benzene rings is 3. The van der Waals surface area contributed by atoms with Crippen molar-refractivity contribution in [3.63, 3.8) is 0 Å². The maximum atomic E-state index is 13.7. The molecule has 19 nitrogen and oxygen atoms in total. The highest BCUT2D eigenvalue weighted by atomic mass is 32.2. The van der Waals surface area contributed by atoms with Crippen LogP contribution in [0.1, 0.15) is 37.8 Å². The Hall–Kier alpha value is -7.06. The Morgan fingerprint density at radius 2 is 1.68 bits per heavy atom. The number of aryl methyl sites for hydroxylation is 1. The van der Waals surface area contributed by atoms with Gasteiger partial charge in [-0.1, -0.05) is 89.4 Å². The summed E-state index contributed by atoms with van der Waals surface area (Å²) >= 11 is 4.77. The topological polar surface area (TPSA) is 230 Å². The molecule has 0 aliphatic carbocycles. The number of rotatable bonds is 17. The van der Waals surface area contributed by atoms with Gasteiger partial charge in [-0.05, 0) is 42.1 Å². The Bertz CT molecular complexity index is 3330. The van der Waals surface area contributed by atoms with Gasteiger partial charge < -0.3 is 10.1 Å². The summed E-state index contributed by atoms with van der Waals surface area (Å²) in [6, 6.07) is 29.0. The molecular formula is C45H39N13O6S5. The molecule has 5 aromatic heterocycles. The van der Waals surface area contributed by atoms with Crippen LogP contribution in [-0.2, 0) is 32.6 Å². The number of thiazole rings is 3. The van der Waals surface area contributed by atoms with E-state index in [-0.39, 0.29) is 28.1 Å². The van der Waals surface area contributed by atoms with E-state index >= 15 is 0 Å². The highest BCUT2D eigenvalue weighted by molar-refractivity contribution is 7.94. The zero-order chi connectivity index (χ0) is 47.3. The van der Waals surface area contributed by atoms with Gasteiger partial charge in [0.25, 0.3) is 21.8 Å². The first-order chi connectivity index (χ1) is 33.6. The third-order valence-corrected chi connectivity index (χ3v) is 16.1. The third kappa shape index (κ3) is 10.5. The molecule has 10 rings (SSSR count). The zero-order valence-electron chi connectivity index (χ0n) is 36.1. The Morgan fingerprint density at radius 3 is 2.49 bits per heavy atom. The van der Waals surface area contributed by atoms with Gasteiger partial charge >= 0.3 is 5.91 Å². The first-order valence-electron chi connectivity index (χ1n) is 21.4. The number of ether oxygens (including phenoxy) is 1. The molecule has 0 bridgehead atoms. The van der Waals surface area contributed by atoms with E-state index in [1.807, 2.05) is 70.7 Å². The molecule has 24 heteroatoms. The number of carbonyl (C=O) groups is 3. The predicted octanol–water partition coefficient (Wildman–Crippen LogP) is 7.06. The van der Waals surface area contributed by atoms with Crippen molar-refractivity contribution in [2.24, 2.45) is 10.2 Å². The minimum absolute atomic E-state index is 0.0785. The van der Waals surface area contributed by atoms with Crippen LogP contribution in [0.4, 0.5) is 21.1 Å². The van der Waals surface area contributed by atoms with E-state index in [1.54, 1.807) is 41.8 Å². The number of carbonyl (C=O) groups excluding carboxylic acids is 3. The number of fused-ring (bicyclic) bond motifs is 2. The first-order valence-corrected chi connectivity index (χ1v) is 26.2. The summed E-state index contributed by atoms with van der Waals surface area (Å²) in [5.74, 6) is -1.17. The van der Waals surface area contributed by atoms with Crippen molar-refractivity contribution in [1.29, 1.82) is 0 Å². The smallest absolute Gasteiger partial charge is 0.303 e. The van der Waals surface area contributed by atoms with Gasteiger partial charge in [0.2, 0.25) is 10.3 Å². The van der Waals surface area contributed by atoms with E-state index in [4.69, 9.17) is 4.74 Å². The summed E-state index contributed by atoms with van der Waals surface area (Å²) in [6.45, 7) is 3.70. The number of hydrogen-bond acceptors (Lipinski definition) is 18. The normalized spacial score (nSPS) is 14.7. The van der Waals surface area contributed by atoms with Gasteiger partial charge in [0.05, 0.1) is 46.7 Å². The minimum atomic E-state index is -3.70. The van der Waals surface area contributed by atoms with Crippen molar-refractivity contribution in [2.45, 2.75) is 23.7 Å². The van der Waals surface area contributed by atoms with Gasteiger partial charge in [-0.2, -0.15) is 20.3 Å². The number of aromatic nitrogens is 5. The van der Waals surface area contributed by atoms with Gasteiger partial charge in [-0.3, -0.25) is 39.4 Å². The molecule has 0 unspecified atom stereocenters. The van der Waals surface area contributed by atoms with Crippen LogP contribution in [0.15, 0.2) is 128 Å². The molecular weight excluding hydrogens is 979 g/mol. The van der Waals surface area contributed by atoms with E-state index in [9.17, 15) is 22.8 Å². The molecule has 3 aromatic carbocycles. The number of hydrogen-bond donors (Lipinski definition) is 4. The Morgan fingerprint density at radius 1 is 0.855 bits per heavy atom. The number of anilines is 4. The molecule has 69 heavy (non-hydrogen) atoms. The van der Waals surface area contributed by atoms with Gasteiger partial charge in [0, 0.05) is 49.2 Å². The summed E-state index contributed by atoms with van der Waals surface area (Å²) < 4.78 is 36.6. The predicted molar refractivity (Wildman–Crippen MR) is 269 cm³/mol. The van der Waals surface area contributed by atoms with Crippen molar-refractivity contribution in [1.82, 2.24) is 34.9 Å². The standard InChI is InChI=1S/C45H39N13O6S5/c59-40(50-44-48-32-15-14-30(23-35(32)67-44)55-69(62,63)37-13-7-22-65-37)33-24-31-26-56(17-8-18-57(31)53-33)19-21-64-20-16-46-41(60)36-25-47-43(68-36)52-51-39-38(29-11-5-2-6-12-29)54-58(42(39)61)45-49-34(27-66-45)28-9-3-1-4-10-28/h1-7,9-15,22-25,27,55H,8,16-21,26H2,(H,46,60)(H,47,52)(H,48,50,59)/b51-39+. The van der Waals surface area contributed by atoms with E-state index in [0.29, 0.717) is 80.3 Å². The molecule has 3 amide bonds. The quantitative estimate of drug-likeness (QED) is 0.0531. The minimum Gasteiger partial charge on any atom is -0.378 e. The summed E-state index contributed by atoms with van der Waals surface area (Å²) in [5, 5.41) is 25.3. The number of nitrogens with zero attached hydrogens (tertiary/aromatic N) is 9. The molecule has 0 radical (unpaired) electrons. The van der Waals surface area contributed by atoms with Crippen molar-refractivity contribution in [3.05, 3.63) is 136 Å². The molecule has 0 spiro atoms. The molecule has 350 valence electrons. The van der Waals surface area contributed by atoms with E-state index in [1.165, 1.54) is 33.9 Å². The summed E-state index contributed by atoms with van der Waals surface area (Å²) in [6.07, 6.45) is 2.28. The number of sulfonamides is 1. The van der Waals surface area contributed by atoms with E-state index in [2.05, 4.69) is 55.9 Å². The lowest BCUT2D eigenvalue weighted by atomic mass is 10.1. The van der Waals surface area contributed by atoms with Gasteiger partial charge in [-0.15, -0.1) is 22.7 Å². The molecule has 4 N–H and O–H groups in total. The zero-order valence-corrected chi connectivity index (χ0v) is 40.2. The summed E-state index contributed by atoms with van der Waals surface area (Å²) in [4.78, 5) is 56.1. The molecule has 0 saturated carbocycles. The van der Waals surface area contributed by atoms with E-state index < -0.39 is 21.8 Å². The monoisotopic (exact) mass is 1020 g/mol. The highest BCUT2D eigenvalue weighted by Gasteiger charge is 2.36. The maximum Gasteiger partial charge on any atom is 0.303 e. The average Bonchev–Trinajstić information content (AvgIpc) is 4.23. The van der Waals surface area contributed by atoms with Crippen molar-refractivity contribution in [2.75, 3.05) is 53.3 Å². The fourth-order valence-corrected chi connectivity index (χ4v) is 11.7. The molecule has 0 atom stereocenters. The third-order valence-electron chi connectivity index (χ3n) is 10.6. The van der Waals surface area contributed by atoms with Crippen LogP contribution in [0.5, 0.6) is 0 Å². The van der Waals surface area contributed by atoms with Crippen LogP contribution >= 0.6 is 45.3 Å². The Labute approximate surface area is 410 Å². The Kier molecular flexibility index (Phi) is 13.4. The van der Waals surface area contributed by atoms with Crippen LogP contribution in [-0.4, -0.2) is 100 Å². The lowest BCUT2D eigenvalue weighted by molar-refractivity contribution is -0.112. The number of amides is 3. The molecule has 0 fully saturated rings. The fourth-order valence-electron chi connectivity index (χ4n) is 7.33. The van der Waals surface area contributed by atoms with Gasteiger partial charge in [0.15, 0.2) is 16.5 Å². The van der Waals surface area contributed by atoms with Gasteiger partial charge in [0.1, 0.15) is 14.8 Å². The molecule has 0 saturated heterocycles. The van der Waals surface area contributed by atoms with Crippen LogP contribution in [0, 0.1) is 0 Å². The second kappa shape index (κ2) is 20.3. The second-order valence-electron chi connectivity index (χ2n) is 15.4. The highest BCUT2D eigenvalue weighted by Crippen LogP contribution is 2.32. The fraction of sp³-hybridized carbons (Fsp3) is 0.178. The molecule has 7 heterocycles. The van der Waals surface area contributed by atoms with Gasteiger partial charge in [-0.25, -0.2) is 23.4 Å². The van der Waals surface area contributed by atoms with Crippen molar-refractivity contribution in [3.8, 4) is 11.3 Å². The largest absolute Gasteiger partial charge is 0.378 e.